The molecule has 98 valence electrons. The van der Waals surface area contributed by atoms with Crippen molar-refractivity contribution in [3.63, 3.8) is 0 Å². The van der Waals surface area contributed by atoms with E-state index in [1.807, 2.05) is 20.8 Å². The van der Waals surface area contributed by atoms with Crippen LogP contribution in [0.15, 0.2) is 18.9 Å². The number of hydrogen-bond donors (Lipinski definition) is 3. The molecule has 0 spiro atoms. The van der Waals surface area contributed by atoms with Gasteiger partial charge in [-0.3, -0.25) is 4.98 Å². The maximum absolute atomic E-state index is 9.46. The van der Waals surface area contributed by atoms with Crippen LogP contribution in [0.4, 0.5) is 0 Å². The maximum Gasteiger partial charge on any atom is 0.141 e. The average molecular weight is 240 g/mol. The van der Waals surface area contributed by atoms with E-state index in [1.54, 1.807) is 13.0 Å². The van der Waals surface area contributed by atoms with Gasteiger partial charge in [0, 0.05) is 23.9 Å². The van der Waals surface area contributed by atoms with Gasteiger partial charge in [0.1, 0.15) is 5.75 Å². The normalized spacial score (nSPS) is 8.35. The molecule has 0 unspecified atom stereocenters. The van der Waals surface area contributed by atoms with Gasteiger partial charge in [0.25, 0.3) is 0 Å². The van der Waals surface area contributed by atoms with Crippen LogP contribution >= 0.6 is 0 Å². The van der Waals surface area contributed by atoms with Crippen molar-refractivity contribution in [3.05, 3.63) is 35.7 Å². The minimum atomic E-state index is -0.145. The Bertz CT molecular complexity index is 325. The first-order chi connectivity index (χ1) is 8.12. The fourth-order valence-corrected chi connectivity index (χ4v) is 1.05. The molecule has 0 bridgehead atoms. The van der Waals surface area contributed by atoms with Crippen molar-refractivity contribution in [2.75, 3.05) is 0 Å². The largest absolute Gasteiger partial charge is 0.506 e. The van der Waals surface area contributed by atoms with Gasteiger partial charge in [0.05, 0.1) is 12.3 Å². The predicted octanol–water partition coefficient (Wildman–Crippen LogP) is 2.27. The van der Waals surface area contributed by atoms with Crippen molar-refractivity contribution in [3.8, 4) is 5.75 Å². The molecule has 1 rings (SSSR count). The van der Waals surface area contributed by atoms with E-state index >= 15 is 0 Å². The number of nitrogens with two attached hydrogens (primary N) is 1. The van der Waals surface area contributed by atoms with E-state index in [2.05, 4.69) is 11.6 Å². The summed E-state index contributed by atoms with van der Waals surface area (Å²) in [6, 6.07) is 0. The zero-order valence-corrected chi connectivity index (χ0v) is 11.2. The Labute approximate surface area is 104 Å². The molecule has 0 atom stereocenters. The van der Waals surface area contributed by atoms with Gasteiger partial charge in [-0.25, -0.2) is 0 Å². The SMILES string of the molecule is C=CC.CC.Cc1ncc(CO)c(CN)c1O. The molecule has 0 aliphatic carbocycles. The summed E-state index contributed by atoms with van der Waals surface area (Å²) in [5.41, 5.74) is 7.09. The molecule has 4 N–H and O–H groups in total. The van der Waals surface area contributed by atoms with Crippen LogP contribution < -0.4 is 5.73 Å². The van der Waals surface area contributed by atoms with Crippen LogP contribution in [-0.4, -0.2) is 15.2 Å². The lowest BCUT2D eigenvalue weighted by Crippen LogP contribution is -2.04. The number of hydrogen-bond acceptors (Lipinski definition) is 4. The lowest BCUT2D eigenvalue weighted by molar-refractivity contribution is 0.279. The molecule has 0 saturated heterocycles. The number of aliphatic hydroxyl groups excluding tert-OH is 1. The Kier molecular flexibility index (Phi) is 11.8. The van der Waals surface area contributed by atoms with Gasteiger partial charge in [-0.05, 0) is 13.8 Å². The van der Waals surface area contributed by atoms with Gasteiger partial charge in [-0.1, -0.05) is 19.9 Å². The van der Waals surface area contributed by atoms with Crippen molar-refractivity contribution in [1.29, 1.82) is 0 Å². The fraction of sp³-hybridized carbons (Fsp3) is 0.462. The average Bonchev–Trinajstić information content (AvgIpc) is 2.36. The van der Waals surface area contributed by atoms with Crippen molar-refractivity contribution in [2.24, 2.45) is 5.73 Å². The number of aryl methyl sites for hydroxylation is 1. The van der Waals surface area contributed by atoms with Gasteiger partial charge in [0.2, 0.25) is 0 Å². The fourth-order valence-electron chi connectivity index (χ4n) is 1.05. The molecule has 0 amide bonds. The van der Waals surface area contributed by atoms with Gasteiger partial charge >= 0.3 is 0 Å². The molecule has 0 fully saturated rings. The highest BCUT2D eigenvalue weighted by molar-refractivity contribution is 5.40. The first-order valence-corrected chi connectivity index (χ1v) is 5.66. The van der Waals surface area contributed by atoms with Crippen LogP contribution in [0.2, 0.25) is 0 Å². The topological polar surface area (TPSA) is 79.4 Å². The van der Waals surface area contributed by atoms with Gasteiger partial charge in [0.15, 0.2) is 0 Å². The second-order valence-electron chi connectivity index (χ2n) is 2.97. The number of allylic oxidation sites excluding steroid dienone is 1. The summed E-state index contributed by atoms with van der Waals surface area (Å²) in [4.78, 5) is 3.89. The highest BCUT2D eigenvalue weighted by atomic mass is 16.3. The number of aliphatic hydroxyl groups is 1. The monoisotopic (exact) mass is 240 g/mol. The van der Waals surface area contributed by atoms with Gasteiger partial charge in [-0.15, -0.1) is 6.58 Å². The van der Waals surface area contributed by atoms with E-state index in [1.165, 1.54) is 6.20 Å². The second kappa shape index (κ2) is 11.1. The van der Waals surface area contributed by atoms with E-state index in [4.69, 9.17) is 10.8 Å². The lowest BCUT2D eigenvalue weighted by atomic mass is 10.1. The Morgan fingerprint density at radius 2 is 1.94 bits per heavy atom. The minimum absolute atomic E-state index is 0.0871. The third-order valence-corrected chi connectivity index (χ3v) is 1.80. The quantitative estimate of drug-likeness (QED) is 0.693. The van der Waals surface area contributed by atoms with Crippen LogP contribution in [0, 0.1) is 6.92 Å². The number of nitrogens with zero attached hydrogens (tertiary/aromatic N) is 1. The van der Waals surface area contributed by atoms with Crippen molar-refractivity contribution < 1.29 is 10.2 Å². The molecule has 0 aliphatic heterocycles. The molecule has 1 aromatic rings. The second-order valence-corrected chi connectivity index (χ2v) is 2.97. The molecular weight excluding hydrogens is 216 g/mol. The standard InChI is InChI=1S/C8H12N2O2.C3H6.C2H6/c1-5-8(12)7(2-9)6(4-11)3-10-5;1-3-2;1-2/h3,11-12H,2,4,9H2,1H3;3H,1H2,2H3;1-2H3. The summed E-state index contributed by atoms with van der Waals surface area (Å²) >= 11 is 0. The van der Waals surface area contributed by atoms with Crippen LogP contribution in [-0.2, 0) is 13.2 Å². The van der Waals surface area contributed by atoms with Crippen molar-refractivity contribution in [2.45, 2.75) is 40.8 Å². The first-order valence-electron chi connectivity index (χ1n) is 5.66. The zero-order valence-electron chi connectivity index (χ0n) is 11.2. The predicted molar refractivity (Wildman–Crippen MR) is 71.7 cm³/mol. The van der Waals surface area contributed by atoms with E-state index in [0.29, 0.717) is 16.8 Å². The summed E-state index contributed by atoms with van der Waals surface area (Å²) < 4.78 is 0. The summed E-state index contributed by atoms with van der Waals surface area (Å²) in [6.07, 6.45) is 3.28. The molecule has 1 aromatic heterocycles. The molecule has 0 radical (unpaired) electrons. The molecule has 0 aliphatic rings. The summed E-state index contributed by atoms with van der Waals surface area (Å²) in [6.45, 7) is 11.0. The van der Waals surface area contributed by atoms with E-state index in [0.717, 1.165) is 0 Å². The molecule has 17 heavy (non-hydrogen) atoms. The maximum atomic E-state index is 9.46. The number of aromatic nitrogens is 1. The van der Waals surface area contributed by atoms with Crippen LogP contribution in [0.1, 0.15) is 37.6 Å². The molecule has 0 saturated carbocycles. The van der Waals surface area contributed by atoms with E-state index in [9.17, 15) is 5.11 Å². The molecule has 4 heteroatoms. The number of pyridine rings is 1. The highest BCUT2D eigenvalue weighted by Crippen LogP contribution is 2.22. The molecule has 0 aromatic carbocycles. The molecule has 4 nitrogen and oxygen atoms in total. The highest BCUT2D eigenvalue weighted by Gasteiger charge is 2.08. The van der Waals surface area contributed by atoms with Crippen LogP contribution in [0.5, 0.6) is 5.75 Å². The summed E-state index contributed by atoms with van der Waals surface area (Å²) in [5, 5.41) is 18.3. The Hall–Kier alpha value is -1.39. The number of rotatable bonds is 2. The Morgan fingerprint density at radius 3 is 2.29 bits per heavy atom. The smallest absolute Gasteiger partial charge is 0.141 e. The van der Waals surface area contributed by atoms with Crippen molar-refractivity contribution >= 4 is 0 Å². The molecule has 1 heterocycles. The summed E-state index contributed by atoms with van der Waals surface area (Å²) in [7, 11) is 0. The van der Waals surface area contributed by atoms with E-state index in [-0.39, 0.29) is 18.9 Å². The number of aromatic hydroxyl groups is 1. The minimum Gasteiger partial charge on any atom is -0.506 e. The van der Waals surface area contributed by atoms with Gasteiger partial charge in [-0.2, -0.15) is 0 Å². The van der Waals surface area contributed by atoms with Crippen LogP contribution in [0.3, 0.4) is 0 Å². The first kappa shape index (κ1) is 18.0. The third kappa shape index (κ3) is 6.04. The third-order valence-electron chi connectivity index (χ3n) is 1.80. The lowest BCUT2D eigenvalue weighted by Gasteiger charge is -2.08. The van der Waals surface area contributed by atoms with Gasteiger partial charge < -0.3 is 15.9 Å². The Balaban J connectivity index is 0. The van der Waals surface area contributed by atoms with E-state index < -0.39 is 0 Å². The zero-order chi connectivity index (χ0) is 13.8. The summed E-state index contributed by atoms with van der Waals surface area (Å²) in [5.74, 6) is 0.0871. The Morgan fingerprint density at radius 1 is 1.47 bits per heavy atom. The van der Waals surface area contributed by atoms with Crippen LogP contribution in [0.25, 0.3) is 0 Å². The molecular formula is C13H24N2O2. The van der Waals surface area contributed by atoms with Crippen molar-refractivity contribution in [1.82, 2.24) is 4.98 Å².